The lowest BCUT2D eigenvalue weighted by molar-refractivity contribution is 0.341. The Morgan fingerprint density at radius 2 is 1.92 bits per heavy atom. The zero-order valence-electron chi connectivity index (χ0n) is 14.0. The molecule has 25 heavy (non-hydrogen) atoms. The summed E-state index contributed by atoms with van der Waals surface area (Å²) in [6.07, 6.45) is 1.71. The average molecular weight is 416 g/mol. The summed E-state index contributed by atoms with van der Waals surface area (Å²) in [5.74, 6) is 1.45. The van der Waals surface area contributed by atoms with Gasteiger partial charge >= 0.3 is 0 Å². The third-order valence-corrected chi connectivity index (χ3v) is 5.25. The molecular formula is C20H18BrNO2S. The molecule has 128 valence electrons. The molecule has 1 heterocycles. The van der Waals surface area contributed by atoms with Crippen molar-refractivity contribution in [2.24, 2.45) is 4.99 Å². The Labute approximate surface area is 160 Å². The van der Waals surface area contributed by atoms with Crippen molar-refractivity contribution in [2.45, 2.75) is 23.8 Å². The highest BCUT2D eigenvalue weighted by atomic mass is 79.9. The van der Waals surface area contributed by atoms with Crippen LogP contribution in [0.15, 0.2) is 78.5 Å². The van der Waals surface area contributed by atoms with Gasteiger partial charge in [-0.2, -0.15) is 0 Å². The number of para-hydroxylation sites is 2. The molecular weight excluding hydrogens is 398 g/mol. The summed E-state index contributed by atoms with van der Waals surface area (Å²) in [7, 11) is 0. The highest BCUT2D eigenvalue weighted by Gasteiger charge is 2.10. The summed E-state index contributed by atoms with van der Waals surface area (Å²) in [4.78, 5) is 5.62. The van der Waals surface area contributed by atoms with Crippen LogP contribution in [0, 0.1) is 6.92 Å². The fourth-order valence-corrected chi connectivity index (χ4v) is 3.52. The zero-order valence-corrected chi connectivity index (χ0v) is 16.4. The van der Waals surface area contributed by atoms with Gasteiger partial charge in [0.05, 0.1) is 17.3 Å². The molecule has 0 aliphatic rings. The summed E-state index contributed by atoms with van der Waals surface area (Å²) >= 11 is 5.13. The van der Waals surface area contributed by atoms with Gasteiger partial charge in [-0.15, -0.1) is 0 Å². The van der Waals surface area contributed by atoms with Gasteiger partial charge in [0.25, 0.3) is 0 Å². The van der Waals surface area contributed by atoms with Gasteiger partial charge in [0.1, 0.15) is 17.2 Å². The predicted octanol–water partition coefficient (Wildman–Crippen LogP) is 6.65. The van der Waals surface area contributed by atoms with Gasteiger partial charge in [-0.25, -0.2) is 4.99 Å². The first kappa shape index (κ1) is 17.8. The first-order valence-corrected chi connectivity index (χ1v) is 9.56. The minimum absolute atomic E-state index is 0.607. The van der Waals surface area contributed by atoms with Gasteiger partial charge in [-0.05, 0) is 54.0 Å². The smallest absolute Gasteiger partial charge is 0.179 e. The van der Waals surface area contributed by atoms with Crippen molar-refractivity contribution < 1.29 is 9.15 Å². The summed E-state index contributed by atoms with van der Waals surface area (Å²) in [6, 6.07) is 18.0. The van der Waals surface area contributed by atoms with Crippen molar-refractivity contribution >= 4 is 39.6 Å². The van der Waals surface area contributed by atoms with Crippen LogP contribution in [0.1, 0.15) is 18.2 Å². The molecule has 0 saturated heterocycles. The van der Waals surface area contributed by atoms with Gasteiger partial charge in [0, 0.05) is 11.0 Å². The van der Waals surface area contributed by atoms with E-state index in [0.29, 0.717) is 12.4 Å². The molecule has 0 atom stereocenters. The first-order chi connectivity index (χ1) is 12.2. The van der Waals surface area contributed by atoms with Crippen molar-refractivity contribution in [3.63, 3.8) is 0 Å². The Hall–Kier alpha value is -1.98. The Morgan fingerprint density at radius 1 is 1.16 bits per heavy atom. The summed E-state index contributed by atoms with van der Waals surface area (Å²) in [6.45, 7) is 4.64. The lowest BCUT2D eigenvalue weighted by Gasteiger charge is -2.05. The van der Waals surface area contributed by atoms with Gasteiger partial charge in [0.15, 0.2) is 5.09 Å². The fourth-order valence-electron chi connectivity index (χ4n) is 2.19. The van der Waals surface area contributed by atoms with Gasteiger partial charge in [0.2, 0.25) is 0 Å². The number of hydrogen-bond acceptors (Lipinski definition) is 4. The van der Waals surface area contributed by atoms with Crippen LogP contribution < -0.4 is 4.74 Å². The number of aliphatic imine (C=N–C) groups is 1. The Morgan fingerprint density at radius 3 is 2.68 bits per heavy atom. The van der Waals surface area contributed by atoms with E-state index in [1.165, 1.54) is 5.56 Å². The van der Waals surface area contributed by atoms with Crippen molar-refractivity contribution in [1.82, 2.24) is 0 Å². The average Bonchev–Trinajstić information content (AvgIpc) is 2.96. The molecule has 0 spiro atoms. The largest absolute Gasteiger partial charge is 0.492 e. The lowest BCUT2D eigenvalue weighted by atomic mass is 10.2. The van der Waals surface area contributed by atoms with Crippen molar-refractivity contribution in [3.05, 3.63) is 70.4 Å². The third-order valence-electron chi connectivity index (χ3n) is 3.40. The van der Waals surface area contributed by atoms with Crippen LogP contribution in [0.3, 0.4) is 0 Å². The van der Waals surface area contributed by atoms with Crippen LogP contribution in [0.4, 0.5) is 5.69 Å². The quantitative estimate of drug-likeness (QED) is 0.422. The highest BCUT2D eigenvalue weighted by molar-refractivity contribution is 9.10. The molecule has 0 N–H and O–H groups in total. The maximum atomic E-state index is 5.90. The standard InChI is InChI=1S/C20H18BrNO2S/c1-3-23-19-7-5-4-6-18(19)22-13-15-12-17(21)20(24-15)25-16-10-8-14(2)9-11-16/h4-13H,3H2,1-2H3. The SMILES string of the molecule is CCOc1ccccc1N=Cc1cc(Br)c(Sc2ccc(C)cc2)o1. The van der Waals surface area contributed by atoms with Crippen LogP contribution in [-0.2, 0) is 0 Å². The van der Waals surface area contributed by atoms with E-state index in [1.807, 2.05) is 37.3 Å². The second kappa shape index (κ2) is 8.41. The highest BCUT2D eigenvalue weighted by Crippen LogP contribution is 2.36. The van der Waals surface area contributed by atoms with Gasteiger partial charge < -0.3 is 9.15 Å². The van der Waals surface area contributed by atoms with Gasteiger partial charge in [-0.1, -0.05) is 41.6 Å². The molecule has 0 aliphatic carbocycles. The molecule has 0 fully saturated rings. The monoisotopic (exact) mass is 415 g/mol. The van der Waals surface area contributed by atoms with Crippen LogP contribution in [0.2, 0.25) is 0 Å². The molecule has 3 rings (SSSR count). The number of ether oxygens (including phenoxy) is 1. The summed E-state index contributed by atoms with van der Waals surface area (Å²) < 4.78 is 12.4. The Bertz CT molecular complexity index is 872. The summed E-state index contributed by atoms with van der Waals surface area (Å²) in [5, 5.41) is 0.809. The van der Waals surface area contributed by atoms with E-state index in [0.717, 1.165) is 25.9 Å². The second-order valence-corrected chi connectivity index (χ2v) is 7.26. The number of hydrogen-bond donors (Lipinski definition) is 0. The minimum Gasteiger partial charge on any atom is -0.492 e. The Kier molecular flexibility index (Phi) is 6.00. The molecule has 2 aromatic carbocycles. The third kappa shape index (κ3) is 4.77. The molecule has 5 heteroatoms. The van der Waals surface area contributed by atoms with Crippen LogP contribution in [0.5, 0.6) is 5.75 Å². The molecule has 3 aromatic rings. The zero-order chi connectivity index (χ0) is 17.6. The number of rotatable bonds is 6. The molecule has 0 amide bonds. The minimum atomic E-state index is 0.607. The Balaban J connectivity index is 1.77. The van der Waals surface area contributed by atoms with Crippen LogP contribution in [0.25, 0.3) is 0 Å². The van der Waals surface area contributed by atoms with Crippen molar-refractivity contribution in [3.8, 4) is 5.75 Å². The molecule has 0 radical (unpaired) electrons. The normalized spacial score (nSPS) is 11.2. The number of furan rings is 1. The number of aryl methyl sites for hydroxylation is 1. The van der Waals surface area contributed by atoms with Crippen molar-refractivity contribution in [1.29, 1.82) is 0 Å². The van der Waals surface area contributed by atoms with E-state index in [1.54, 1.807) is 18.0 Å². The topological polar surface area (TPSA) is 34.7 Å². The first-order valence-electron chi connectivity index (χ1n) is 7.95. The van der Waals surface area contributed by atoms with Gasteiger partial charge in [-0.3, -0.25) is 0 Å². The lowest BCUT2D eigenvalue weighted by Crippen LogP contribution is -1.91. The molecule has 0 unspecified atom stereocenters. The summed E-state index contributed by atoms with van der Waals surface area (Å²) in [5.41, 5.74) is 2.02. The van der Waals surface area contributed by atoms with E-state index in [2.05, 4.69) is 52.1 Å². The van der Waals surface area contributed by atoms with Crippen LogP contribution >= 0.6 is 27.7 Å². The van der Waals surface area contributed by atoms with Crippen molar-refractivity contribution in [2.75, 3.05) is 6.61 Å². The number of nitrogens with zero attached hydrogens (tertiary/aromatic N) is 1. The molecule has 0 bridgehead atoms. The molecule has 3 nitrogen and oxygen atoms in total. The van der Waals surface area contributed by atoms with E-state index >= 15 is 0 Å². The molecule has 0 aliphatic heterocycles. The second-order valence-electron chi connectivity index (χ2n) is 5.36. The van der Waals surface area contributed by atoms with Crippen LogP contribution in [-0.4, -0.2) is 12.8 Å². The van der Waals surface area contributed by atoms with E-state index < -0.39 is 0 Å². The number of benzene rings is 2. The van der Waals surface area contributed by atoms with E-state index in [9.17, 15) is 0 Å². The maximum Gasteiger partial charge on any atom is 0.179 e. The van der Waals surface area contributed by atoms with E-state index in [4.69, 9.17) is 9.15 Å². The maximum absolute atomic E-state index is 5.90. The molecule has 0 saturated carbocycles. The predicted molar refractivity (Wildman–Crippen MR) is 107 cm³/mol. The molecule has 1 aromatic heterocycles. The number of halogens is 1. The fraction of sp³-hybridized carbons (Fsp3) is 0.150. The van der Waals surface area contributed by atoms with E-state index in [-0.39, 0.29) is 0 Å².